The van der Waals surface area contributed by atoms with Gasteiger partial charge in [0.25, 0.3) is 0 Å². The maximum absolute atomic E-state index is 10.3. The second-order valence-corrected chi connectivity index (χ2v) is 3.03. The number of hydrogen-bond donors (Lipinski definition) is 1. The Morgan fingerprint density at radius 3 is 2.67 bits per heavy atom. The summed E-state index contributed by atoms with van der Waals surface area (Å²) in [5.74, 6) is 0. The smallest absolute Gasteiger partial charge is 0.231 e. The van der Waals surface area contributed by atoms with E-state index in [1.807, 2.05) is 0 Å². The van der Waals surface area contributed by atoms with Gasteiger partial charge in [-0.2, -0.15) is 0 Å². The summed E-state index contributed by atoms with van der Waals surface area (Å²) in [6, 6.07) is 1.56. The highest BCUT2D eigenvalue weighted by Crippen LogP contribution is 2.19. The second kappa shape index (κ2) is 2.64. The van der Waals surface area contributed by atoms with Crippen LogP contribution in [-0.2, 0) is 11.1 Å². The van der Waals surface area contributed by atoms with E-state index in [9.17, 15) is 4.21 Å². The Kier molecular flexibility index (Phi) is 2.05. The summed E-state index contributed by atoms with van der Waals surface area (Å²) in [7, 11) is 0. The van der Waals surface area contributed by atoms with Crippen molar-refractivity contribution < 1.29 is 13.2 Å². The first-order valence-corrected chi connectivity index (χ1v) is 3.95. The predicted octanol–water partition coefficient (Wildman–Crippen LogP) is 1.62. The van der Waals surface area contributed by atoms with Crippen LogP contribution in [0.3, 0.4) is 0 Å². The van der Waals surface area contributed by atoms with Crippen LogP contribution >= 0.6 is 15.9 Å². The molecule has 1 N–H and O–H groups in total. The fourth-order valence-electron chi connectivity index (χ4n) is 0.404. The first-order chi connectivity index (χ1) is 4.22. The van der Waals surface area contributed by atoms with Crippen molar-refractivity contribution in [3.05, 3.63) is 16.8 Å². The van der Waals surface area contributed by atoms with Crippen molar-refractivity contribution in [3.8, 4) is 0 Å². The third kappa shape index (κ3) is 1.41. The molecule has 0 saturated heterocycles. The molecule has 0 saturated carbocycles. The van der Waals surface area contributed by atoms with Crippen molar-refractivity contribution in [2.45, 2.75) is 5.09 Å². The highest BCUT2D eigenvalue weighted by atomic mass is 79.9. The van der Waals surface area contributed by atoms with Gasteiger partial charge < -0.3 is 4.42 Å². The van der Waals surface area contributed by atoms with Crippen LogP contribution in [0.25, 0.3) is 0 Å². The molecule has 0 aliphatic carbocycles. The van der Waals surface area contributed by atoms with Crippen molar-refractivity contribution in [2.24, 2.45) is 0 Å². The van der Waals surface area contributed by atoms with E-state index in [4.69, 9.17) is 4.55 Å². The van der Waals surface area contributed by atoms with Crippen LogP contribution in [0.2, 0.25) is 0 Å². The van der Waals surface area contributed by atoms with E-state index in [0.29, 0.717) is 4.47 Å². The Hall–Kier alpha value is -0.130. The van der Waals surface area contributed by atoms with E-state index in [1.54, 1.807) is 6.07 Å². The lowest BCUT2D eigenvalue weighted by molar-refractivity contribution is 0.438. The Labute approximate surface area is 62.5 Å². The molecule has 1 aromatic heterocycles. The van der Waals surface area contributed by atoms with Crippen molar-refractivity contribution >= 4 is 27.0 Å². The van der Waals surface area contributed by atoms with Crippen LogP contribution in [-0.4, -0.2) is 8.76 Å². The first kappa shape index (κ1) is 6.98. The minimum atomic E-state index is -2.02. The van der Waals surface area contributed by atoms with Gasteiger partial charge in [-0.05, 0) is 22.0 Å². The average molecular weight is 211 g/mol. The zero-order valence-electron chi connectivity index (χ0n) is 4.20. The monoisotopic (exact) mass is 210 g/mol. The highest BCUT2D eigenvalue weighted by Gasteiger charge is 2.07. The fraction of sp³-hybridized carbons (Fsp3) is 0. The molecule has 1 aromatic rings. The Bertz CT molecular complexity index is 231. The second-order valence-electron chi connectivity index (χ2n) is 1.31. The molecule has 1 rings (SSSR count). The van der Waals surface area contributed by atoms with E-state index in [-0.39, 0.29) is 5.09 Å². The molecule has 9 heavy (non-hydrogen) atoms. The zero-order chi connectivity index (χ0) is 6.85. The lowest BCUT2D eigenvalue weighted by atomic mass is 10.7. The molecule has 0 fully saturated rings. The summed E-state index contributed by atoms with van der Waals surface area (Å²) in [5, 5.41) is 0.0509. The van der Waals surface area contributed by atoms with Gasteiger partial charge in [-0.1, -0.05) is 0 Å². The summed E-state index contributed by atoms with van der Waals surface area (Å²) in [6.45, 7) is 0. The predicted molar refractivity (Wildman–Crippen MR) is 35.4 cm³/mol. The molecule has 3 nitrogen and oxygen atoms in total. The van der Waals surface area contributed by atoms with Crippen LogP contribution < -0.4 is 0 Å². The molecule has 0 aliphatic heterocycles. The first-order valence-electron chi connectivity index (χ1n) is 2.05. The molecular weight excluding hydrogens is 208 g/mol. The van der Waals surface area contributed by atoms with Crippen LogP contribution in [0.15, 0.2) is 26.3 Å². The quantitative estimate of drug-likeness (QED) is 0.718. The van der Waals surface area contributed by atoms with E-state index in [0.717, 1.165) is 0 Å². The zero-order valence-corrected chi connectivity index (χ0v) is 6.61. The molecule has 5 heteroatoms. The van der Waals surface area contributed by atoms with Gasteiger partial charge >= 0.3 is 0 Å². The van der Waals surface area contributed by atoms with Crippen LogP contribution in [0.1, 0.15) is 0 Å². The standard InChI is InChI=1S/C4H3BrO3S/c5-3-1-2-8-4(3)9(6)7/h1-2H,(H,6,7). The summed E-state index contributed by atoms with van der Waals surface area (Å²) in [4.78, 5) is 0. The van der Waals surface area contributed by atoms with Gasteiger partial charge in [0.2, 0.25) is 16.2 Å². The lowest BCUT2D eigenvalue weighted by Crippen LogP contribution is -1.83. The van der Waals surface area contributed by atoms with Gasteiger partial charge in [0, 0.05) is 0 Å². The number of furan rings is 1. The molecule has 0 aliphatic rings. The molecule has 0 radical (unpaired) electrons. The topological polar surface area (TPSA) is 50.4 Å². The van der Waals surface area contributed by atoms with Crippen molar-refractivity contribution in [1.82, 2.24) is 0 Å². The lowest BCUT2D eigenvalue weighted by Gasteiger charge is -1.84. The molecule has 0 bridgehead atoms. The minimum absolute atomic E-state index is 0.0509. The number of hydrogen-bond acceptors (Lipinski definition) is 2. The summed E-state index contributed by atoms with van der Waals surface area (Å²) >= 11 is 0.997. The van der Waals surface area contributed by atoms with Crippen molar-refractivity contribution in [1.29, 1.82) is 0 Å². The molecular formula is C4H3BrO3S. The maximum Gasteiger partial charge on any atom is 0.231 e. The molecule has 0 spiro atoms. The van der Waals surface area contributed by atoms with Gasteiger partial charge in [-0.3, -0.25) is 4.55 Å². The number of rotatable bonds is 1. The molecule has 50 valence electrons. The van der Waals surface area contributed by atoms with E-state index < -0.39 is 11.1 Å². The SMILES string of the molecule is O=S(O)c1occc1Br. The number of halogens is 1. The van der Waals surface area contributed by atoms with Crippen molar-refractivity contribution in [3.63, 3.8) is 0 Å². The average Bonchev–Trinajstić information content (AvgIpc) is 2.13. The van der Waals surface area contributed by atoms with Gasteiger partial charge in [0.15, 0.2) is 0 Å². The van der Waals surface area contributed by atoms with Crippen LogP contribution in [0.5, 0.6) is 0 Å². The van der Waals surface area contributed by atoms with Gasteiger partial charge in [0.05, 0.1) is 10.7 Å². The van der Waals surface area contributed by atoms with E-state index in [2.05, 4.69) is 20.3 Å². The van der Waals surface area contributed by atoms with Crippen molar-refractivity contribution in [2.75, 3.05) is 0 Å². The minimum Gasteiger partial charge on any atom is -0.452 e. The van der Waals surface area contributed by atoms with Gasteiger partial charge in [0.1, 0.15) is 0 Å². The summed E-state index contributed by atoms with van der Waals surface area (Å²) < 4.78 is 23.9. The largest absolute Gasteiger partial charge is 0.452 e. The molecule has 1 heterocycles. The molecule has 1 atom stereocenters. The maximum atomic E-state index is 10.3. The Balaban J connectivity index is 3.08. The molecule has 1 unspecified atom stereocenters. The van der Waals surface area contributed by atoms with E-state index in [1.165, 1.54) is 6.26 Å². The van der Waals surface area contributed by atoms with Gasteiger partial charge in [-0.25, -0.2) is 4.21 Å². The highest BCUT2D eigenvalue weighted by molar-refractivity contribution is 9.10. The third-order valence-corrected chi connectivity index (χ3v) is 2.26. The van der Waals surface area contributed by atoms with Crippen LogP contribution in [0.4, 0.5) is 0 Å². The third-order valence-electron chi connectivity index (χ3n) is 0.743. The Morgan fingerprint density at radius 2 is 2.44 bits per heavy atom. The summed E-state index contributed by atoms with van der Waals surface area (Å²) in [5.41, 5.74) is 0. The van der Waals surface area contributed by atoms with E-state index >= 15 is 0 Å². The fourth-order valence-corrected chi connectivity index (χ4v) is 1.39. The normalized spacial score (nSPS) is 13.6. The van der Waals surface area contributed by atoms with Crippen LogP contribution in [0, 0.1) is 0 Å². The summed E-state index contributed by atoms with van der Waals surface area (Å²) in [6.07, 6.45) is 1.34. The Morgan fingerprint density at radius 1 is 1.78 bits per heavy atom. The van der Waals surface area contributed by atoms with Gasteiger partial charge in [-0.15, -0.1) is 0 Å². The molecule has 0 aromatic carbocycles. The molecule has 0 amide bonds.